The van der Waals surface area contributed by atoms with Crippen molar-refractivity contribution in [3.05, 3.63) is 35.9 Å². The minimum absolute atomic E-state index is 0.109. The van der Waals surface area contributed by atoms with Gasteiger partial charge in [-0.2, -0.15) is 0 Å². The van der Waals surface area contributed by atoms with Crippen LogP contribution in [-0.2, 0) is 4.79 Å². The zero-order valence-corrected chi connectivity index (χ0v) is 11.2. The van der Waals surface area contributed by atoms with Crippen LogP contribution in [0.3, 0.4) is 0 Å². The number of hydrogen-bond acceptors (Lipinski definition) is 3. The molecule has 1 aromatic rings. The highest BCUT2D eigenvalue weighted by atomic mass is 16.4. The first-order chi connectivity index (χ1) is 8.94. The number of hydrogen-bond donors (Lipinski definition) is 3. The van der Waals surface area contributed by atoms with Crippen molar-refractivity contribution in [3.8, 4) is 11.8 Å². The number of carboxylic acids is 1. The number of aliphatic carboxylic acids is 1. The van der Waals surface area contributed by atoms with E-state index in [4.69, 9.17) is 5.11 Å². The maximum atomic E-state index is 10.8. The highest BCUT2D eigenvalue weighted by Crippen LogP contribution is 2.03. The second-order valence-electron chi connectivity index (χ2n) is 4.57. The minimum atomic E-state index is -1.27. The first-order valence-corrected chi connectivity index (χ1v) is 6.21. The topological polar surface area (TPSA) is 69.6 Å². The fourth-order valence-electron chi connectivity index (χ4n) is 1.50. The van der Waals surface area contributed by atoms with Gasteiger partial charge in [-0.25, -0.2) is 0 Å². The number of aliphatic hydroxyl groups is 1. The molecule has 1 rings (SSSR count). The Labute approximate surface area is 113 Å². The van der Waals surface area contributed by atoms with Gasteiger partial charge in [-0.15, -0.1) is 0 Å². The number of nitrogens with one attached hydrogen (secondary N) is 1. The highest BCUT2D eigenvalue weighted by Gasteiger charge is 2.21. The molecule has 0 spiro atoms. The van der Waals surface area contributed by atoms with Crippen molar-refractivity contribution in [2.75, 3.05) is 6.54 Å². The average Bonchev–Trinajstić information content (AvgIpc) is 2.38. The van der Waals surface area contributed by atoms with Gasteiger partial charge >= 0.3 is 5.97 Å². The first-order valence-electron chi connectivity index (χ1n) is 6.21. The summed E-state index contributed by atoms with van der Waals surface area (Å²) in [5.74, 6) is 4.69. The van der Waals surface area contributed by atoms with E-state index in [1.807, 2.05) is 30.3 Å². The zero-order chi connectivity index (χ0) is 14.3. The lowest BCUT2D eigenvalue weighted by molar-refractivity contribution is -0.139. The summed E-state index contributed by atoms with van der Waals surface area (Å²) >= 11 is 0. The summed E-state index contributed by atoms with van der Waals surface area (Å²) in [6.45, 7) is 3.44. The maximum absolute atomic E-state index is 10.8. The number of carboxylic acid groups (broad SMARTS) is 1. The van der Waals surface area contributed by atoms with Crippen LogP contribution >= 0.6 is 0 Å². The van der Waals surface area contributed by atoms with Gasteiger partial charge in [-0.3, -0.25) is 4.79 Å². The molecule has 0 unspecified atom stereocenters. The summed E-state index contributed by atoms with van der Waals surface area (Å²) < 4.78 is 0. The van der Waals surface area contributed by atoms with E-state index in [9.17, 15) is 9.90 Å². The molecule has 0 aliphatic heterocycles. The molecule has 0 aliphatic rings. The third-order valence-electron chi connectivity index (χ3n) is 2.65. The molecule has 3 N–H and O–H groups in total. The molecule has 4 heteroatoms. The van der Waals surface area contributed by atoms with Gasteiger partial charge in [-0.1, -0.05) is 37.0 Å². The monoisotopic (exact) mass is 261 g/mol. The van der Waals surface area contributed by atoms with Gasteiger partial charge in [0.25, 0.3) is 0 Å². The van der Waals surface area contributed by atoms with Crippen molar-refractivity contribution in [1.29, 1.82) is 0 Å². The predicted molar refractivity (Wildman–Crippen MR) is 73.7 cm³/mol. The molecular weight excluding hydrogens is 242 g/mol. The molecule has 19 heavy (non-hydrogen) atoms. The van der Waals surface area contributed by atoms with Crippen LogP contribution in [-0.4, -0.2) is 34.4 Å². The SMILES string of the molecule is CC[C@@H](NC[C@](C)(O)C#Cc1ccccc1)C(=O)O. The van der Waals surface area contributed by atoms with Gasteiger partial charge in [0, 0.05) is 12.1 Å². The van der Waals surface area contributed by atoms with E-state index in [0.29, 0.717) is 6.42 Å². The number of benzene rings is 1. The van der Waals surface area contributed by atoms with Gasteiger partial charge < -0.3 is 15.5 Å². The second-order valence-corrected chi connectivity index (χ2v) is 4.57. The summed E-state index contributed by atoms with van der Waals surface area (Å²) in [7, 11) is 0. The van der Waals surface area contributed by atoms with E-state index in [0.717, 1.165) is 5.56 Å². The summed E-state index contributed by atoms with van der Waals surface area (Å²) in [5.41, 5.74) is -0.452. The summed E-state index contributed by atoms with van der Waals surface area (Å²) in [6.07, 6.45) is 0.456. The number of carbonyl (C=O) groups is 1. The third-order valence-corrected chi connectivity index (χ3v) is 2.65. The zero-order valence-electron chi connectivity index (χ0n) is 11.2. The Morgan fingerprint density at radius 3 is 2.58 bits per heavy atom. The summed E-state index contributed by atoms with van der Waals surface area (Å²) in [6, 6.07) is 8.67. The molecule has 0 saturated heterocycles. The Morgan fingerprint density at radius 2 is 2.05 bits per heavy atom. The molecule has 0 saturated carbocycles. The van der Waals surface area contributed by atoms with Crippen LogP contribution < -0.4 is 5.32 Å². The second kappa shape index (κ2) is 6.93. The Kier molecular flexibility index (Phi) is 5.56. The van der Waals surface area contributed by atoms with E-state index in [1.54, 1.807) is 13.8 Å². The first kappa shape index (κ1) is 15.2. The van der Waals surface area contributed by atoms with Crippen LogP contribution in [0.2, 0.25) is 0 Å². The summed E-state index contributed by atoms with van der Waals surface area (Å²) in [4.78, 5) is 10.8. The van der Waals surface area contributed by atoms with Crippen LogP contribution in [0.25, 0.3) is 0 Å². The predicted octanol–water partition coefficient (Wildman–Crippen LogP) is 1.24. The minimum Gasteiger partial charge on any atom is -0.480 e. The molecule has 0 heterocycles. The molecule has 0 radical (unpaired) electrons. The Bertz CT molecular complexity index is 471. The van der Waals surface area contributed by atoms with E-state index >= 15 is 0 Å². The van der Waals surface area contributed by atoms with E-state index in [1.165, 1.54) is 0 Å². The molecule has 102 valence electrons. The Balaban J connectivity index is 2.62. The normalized spacial score (nSPS) is 14.9. The summed E-state index contributed by atoms with van der Waals surface area (Å²) in [5, 5.41) is 21.8. The van der Waals surface area contributed by atoms with Crippen LogP contribution in [0.4, 0.5) is 0 Å². The van der Waals surface area contributed by atoms with Crippen molar-refractivity contribution >= 4 is 5.97 Å². The highest BCUT2D eigenvalue weighted by molar-refractivity contribution is 5.73. The van der Waals surface area contributed by atoms with Gasteiger partial charge in [0.05, 0.1) is 0 Å². The Morgan fingerprint density at radius 1 is 1.42 bits per heavy atom. The lowest BCUT2D eigenvalue weighted by Crippen LogP contribution is -2.44. The quantitative estimate of drug-likeness (QED) is 0.698. The van der Waals surface area contributed by atoms with Gasteiger partial charge in [0.15, 0.2) is 0 Å². The smallest absolute Gasteiger partial charge is 0.320 e. The van der Waals surface area contributed by atoms with Crippen molar-refractivity contribution in [2.45, 2.75) is 31.9 Å². The van der Waals surface area contributed by atoms with E-state index in [2.05, 4.69) is 17.2 Å². The molecule has 2 atom stereocenters. The lowest BCUT2D eigenvalue weighted by atomic mass is 10.1. The van der Waals surface area contributed by atoms with Gasteiger partial charge in [0.2, 0.25) is 0 Å². The molecule has 0 bridgehead atoms. The van der Waals surface area contributed by atoms with Crippen molar-refractivity contribution < 1.29 is 15.0 Å². The van der Waals surface area contributed by atoms with Crippen molar-refractivity contribution in [1.82, 2.24) is 5.32 Å². The average molecular weight is 261 g/mol. The molecular formula is C15H19NO3. The van der Waals surface area contributed by atoms with Crippen molar-refractivity contribution in [3.63, 3.8) is 0 Å². The van der Waals surface area contributed by atoms with Crippen molar-refractivity contribution in [2.24, 2.45) is 0 Å². The van der Waals surface area contributed by atoms with Crippen LogP contribution in [0.15, 0.2) is 30.3 Å². The van der Waals surface area contributed by atoms with Crippen LogP contribution in [0, 0.1) is 11.8 Å². The fraction of sp³-hybridized carbons (Fsp3) is 0.400. The molecule has 1 aromatic carbocycles. The molecule has 0 aliphatic carbocycles. The van der Waals surface area contributed by atoms with Gasteiger partial charge in [0.1, 0.15) is 11.6 Å². The molecule has 0 aromatic heterocycles. The largest absolute Gasteiger partial charge is 0.480 e. The van der Waals surface area contributed by atoms with E-state index in [-0.39, 0.29) is 6.54 Å². The molecule has 0 fully saturated rings. The third kappa shape index (κ3) is 5.56. The van der Waals surface area contributed by atoms with Crippen LogP contribution in [0.1, 0.15) is 25.8 Å². The maximum Gasteiger partial charge on any atom is 0.320 e. The fourth-order valence-corrected chi connectivity index (χ4v) is 1.50. The molecule has 4 nitrogen and oxygen atoms in total. The van der Waals surface area contributed by atoms with E-state index < -0.39 is 17.6 Å². The lowest BCUT2D eigenvalue weighted by Gasteiger charge is -2.20. The standard InChI is InChI=1S/C15H19NO3/c1-3-13(14(17)18)16-11-15(2,19)10-9-12-7-5-4-6-8-12/h4-8,13,16,19H,3,11H2,1-2H3,(H,17,18)/t13-,15-/m1/s1. The number of rotatable bonds is 5. The van der Waals surface area contributed by atoms with Crippen LogP contribution in [0.5, 0.6) is 0 Å². The Hall–Kier alpha value is -1.83. The molecule has 0 amide bonds. The van der Waals surface area contributed by atoms with Gasteiger partial charge in [-0.05, 0) is 25.5 Å².